The largest absolute Gasteiger partial charge is 0.382 e. The number of carbonyl (C=O) groups excluding carboxylic acids is 1. The Hall–Kier alpha value is -1.81. The number of rotatable bonds is 5. The summed E-state index contributed by atoms with van der Waals surface area (Å²) in [7, 11) is 0. The first-order chi connectivity index (χ1) is 9.79. The molecule has 1 amide bonds. The van der Waals surface area contributed by atoms with E-state index in [1.54, 1.807) is 6.08 Å². The van der Waals surface area contributed by atoms with Gasteiger partial charge in [0, 0.05) is 23.8 Å². The summed E-state index contributed by atoms with van der Waals surface area (Å²) in [6.07, 6.45) is 5.21. The van der Waals surface area contributed by atoms with E-state index in [1.165, 1.54) is 12.8 Å². The van der Waals surface area contributed by atoms with Crippen LogP contribution in [0.15, 0.2) is 36.9 Å². The molecular weight excluding hydrogens is 250 g/mol. The predicted molar refractivity (Wildman–Crippen MR) is 83.1 cm³/mol. The first-order valence-electron chi connectivity index (χ1n) is 7.26. The van der Waals surface area contributed by atoms with Gasteiger partial charge in [0.1, 0.15) is 0 Å². The lowest BCUT2D eigenvalue weighted by atomic mass is 10.1. The highest BCUT2D eigenvalue weighted by Gasteiger charge is 2.11. The van der Waals surface area contributed by atoms with Gasteiger partial charge in [0.15, 0.2) is 0 Å². The van der Waals surface area contributed by atoms with Gasteiger partial charge < -0.3 is 16.0 Å². The molecule has 1 heterocycles. The van der Waals surface area contributed by atoms with Gasteiger partial charge in [0.25, 0.3) is 5.91 Å². The predicted octanol–water partition coefficient (Wildman–Crippen LogP) is 2.16. The maximum Gasteiger partial charge on any atom is 0.251 e. The van der Waals surface area contributed by atoms with Gasteiger partial charge in [-0.25, -0.2) is 0 Å². The Morgan fingerprint density at radius 3 is 2.85 bits per heavy atom. The van der Waals surface area contributed by atoms with Crippen LogP contribution in [0, 0.1) is 0 Å². The third-order valence-electron chi connectivity index (χ3n) is 3.50. The maximum absolute atomic E-state index is 11.8. The summed E-state index contributed by atoms with van der Waals surface area (Å²) < 4.78 is 0. The monoisotopic (exact) mass is 273 g/mol. The molecule has 0 bridgehead atoms. The van der Waals surface area contributed by atoms with Crippen LogP contribution in [-0.2, 0) is 0 Å². The Balaban J connectivity index is 1.90. The molecule has 0 aromatic heterocycles. The second kappa shape index (κ2) is 7.70. The van der Waals surface area contributed by atoms with Crippen molar-refractivity contribution in [3.63, 3.8) is 0 Å². The Morgan fingerprint density at radius 1 is 1.30 bits per heavy atom. The quantitative estimate of drug-likeness (QED) is 0.721. The normalized spacial score (nSPS) is 18.9. The van der Waals surface area contributed by atoms with Gasteiger partial charge in [-0.3, -0.25) is 4.79 Å². The standard InChI is InChI=1S/C16H23N3O/c1-2-10-18-16(20)13-5-7-15(8-6-13)19-14-4-3-11-17-12-9-14/h2,5-8,14,17,19H,1,3-4,9-12H2,(H,18,20). The number of anilines is 1. The van der Waals surface area contributed by atoms with Crippen molar-refractivity contribution < 1.29 is 4.79 Å². The Morgan fingerprint density at radius 2 is 2.10 bits per heavy atom. The third kappa shape index (κ3) is 4.38. The van der Waals surface area contributed by atoms with Crippen molar-refractivity contribution in [2.24, 2.45) is 0 Å². The van der Waals surface area contributed by atoms with Crippen LogP contribution in [0.3, 0.4) is 0 Å². The average molecular weight is 273 g/mol. The summed E-state index contributed by atoms with van der Waals surface area (Å²) in [6.45, 7) is 6.26. The van der Waals surface area contributed by atoms with Crippen molar-refractivity contribution >= 4 is 11.6 Å². The first-order valence-corrected chi connectivity index (χ1v) is 7.26. The van der Waals surface area contributed by atoms with Gasteiger partial charge in [0.2, 0.25) is 0 Å². The van der Waals surface area contributed by atoms with Crippen LogP contribution >= 0.6 is 0 Å². The number of hydrogen-bond acceptors (Lipinski definition) is 3. The van der Waals surface area contributed by atoms with E-state index in [0.717, 1.165) is 25.2 Å². The fourth-order valence-electron chi connectivity index (χ4n) is 2.38. The first kappa shape index (κ1) is 14.6. The average Bonchev–Trinajstić information content (AvgIpc) is 2.74. The number of benzene rings is 1. The Bertz CT molecular complexity index is 434. The zero-order valence-electron chi connectivity index (χ0n) is 11.8. The minimum Gasteiger partial charge on any atom is -0.382 e. The van der Waals surface area contributed by atoms with Gasteiger partial charge in [-0.15, -0.1) is 6.58 Å². The number of nitrogens with one attached hydrogen (secondary N) is 3. The molecule has 108 valence electrons. The fraction of sp³-hybridized carbons (Fsp3) is 0.438. The molecular formula is C16H23N3O. The lowest BCUT2D eigenvalue weighted by Crippen LogP contribution is -2.23. The highest BCUT2D eigenvalue weighted by atomic mass is 16.1. The van der Waals surface area contributed by atoms with Gasteiger partial charge in [0.05, 0.1) is 0 Å². The molecule has 1 aromatic carbocycles. The van der Waals surface area contributed by atoms with Crippen LogP contribution in [0.4, 0.5) is 5.69 Å². The van der Waals surface area contributed by atoms with Crippen LogP contribution in [0.5, 0.6) is 0 Å². The molecule has 4 heteroatoms. The molecule has 20 heavy (non-hydrogen) atoms. The molecule has 1 unspecified atom stereocenters. The SMILES string of the molecule is C=CCNC(=O)c1ccc(NC2CCCNCC2)cc1. The third-order valence-corrected chi connectivity index (χ3v) is 3.50. The molecule has 3 N–H and O–H groups in total. The molecule has 1 fully saturated rings. The van der Waals surface area contributed by atoms with Crippen molar-refractivity contribution in [1.29, 1.82) is 0 Å². The minimum absolute atomic E-state index is 0.0601. The topological polar surface area (TPSA) is 53.2 Å². The van der Waals surface area contributed by atoms with Crippen LogP contribution in [0.1, 0.15) is 29.6 Å². The van der Waals surface area contributed by atoms with Crippen LogP contribution < -0.4 is 16.0 Å². The smallest absolute Gasteiger partial charge is 0.251 e. The number of carbonyl (C=O) groups is 1. The molecule has 4 nitrogen and oxygen atoms in total. The molecule has 1 aromatic rings. The van der Waals surface area contributed by atoms with E-state index in [4.69, 9.17) is 0 Å². The molecule has 1 aliphatic rings. The minimum atomic E-state index is -0.0601. The lowest BCUT2D eigenvalue weighted by molar-refractivity contribution is 0.0958. The molecule has 0 aliphatic carbocycles. The zero-order chi connectivity index (χ0) is 14.2. The molecule has 1 aliphatic heterocycles. The summed E-state index contributed by atoms with van der Waals surface area (Å²) in [4.78, 5) is 11.8. The molecule has 0 saturated carbocycles. The molecule has 0 spiro atoms. The van der Waals surface area contributed by atoms with Crippen molar-refractivity contribution in [3.05, 3.63) is 42.5 Å². The maximum atomic E-state index is 11.8. The van der Waals surface area contributed by atoms with Crippen LogP contribution in [0.25, 0.3) is 0 Å². The highest BCUT2D eigenvalue weighted by molar-refractivity contribution is 5.94. The lowest BCUT2D eigenvalue weighted by Gasteiger charge is -2.17. The second-order valence-electron chi connectivity index (χ2n) is 5.10. The van der Waals surface area contributed by atoms with Gasteiger partial charge in [-0.05, 0) is 56.6 Å². The number of amides is 1. The van der Waals surface area contributed by atoms with E-state index in [-0.39, 0.29) is 5.91 Å². The van der Waals surface area contributed by atoms with Crippen molar-refractivity contribution in [2.45, 2.75) is 25.3 Å². The summed E-state index contributed by atoms with van der Waals surface area (Å²) in [5.74, 6) is -0.0601. The van der Waals surface area contributed by atoms with E-state index in [2.05, 4.69) is 22.5 Å². The molecule has 0 radical (unpaired) electrons. The van der Waals surface area contributed by atoms with Crippen LogP contribution in [-0.4, -0.2) is 31.6 Å². The van der Waals surface area contributed by atoms with Crippen molar-refractivity contribution in [1.82, 2.24) is 10.6 Å². The van der Waals surface area contributed by atoms with Crippen molar-refractivity contribution in [3.8, 4) is 0 Å². The van der Waals surface area contributed by atoms with E-state index in [0.29, 0.717) is 18.2 Å². The van der Waals surface area contributed by atoms with E-state index >= 15 is 0 Å². The van der Waals surface area contributed by atoms with Gasteiger partial charge in [-0.1, -0.05) is 6.08 Å². The molecule has 1 saturated heterocycles. The number of hydrogen-bond donors (Lipinski definition) is 3. The highest BCUT2D eigenvalue weighted by Crippen LogP contribution is 2.15. The summed E-state index contributed by atoms with van der Waals surface area (Å²) >= 11 is 0. The summed E-state index contributed by atoms with van der Waals surface area (Å²) in [5, 5.41) is 9.72. The van der Waals surface area contributed by atoms with E-state index < -0.39 is 0 Å². The summed E-state index contributed by atoms with van der Waals surface area (Å²) in [6, 6.07) is 8.18. The molecule has 2 rings (SSSR count). The van der Waals surface area contributed by atoms with E-state index in [9.17, 15) is 4.79 Å². The van der Waals surface area contributed by atoms with Gasteiger partial charge in [-0.2, -0.15) is 0 Å². The van der Waals surface area contributed by atoms with Gasteiger partial charge >= 0.3 is 0 Å². The van der Waals surface area contributed by atoms with Crippen LogP contribution in [0.2, 0.25) is 0 Å². The van der Waals surface area contributed by atoms with Crippen molar-refractivity contribution in [2.75, 3.05) is 25.0 Å². The van der Waals surface area contributed by atoms with E-state index in [1.807, 2.05) is 24.3 Å². The Labute approximate surface area is 120 Å². The Kier molecular flexibility index (Phi) is 5.62. The second-order valence-corrected chi connectivity index (χ2v) is 5.10. The summed E-state index contributed by atoms with van der Waals surface area (Å²) in [5.41, 5.74) is 1.76. The zero-order valence-corrected chi connectivity index (χ0v) is 11.8. The molecule has 1 atom stereocenters. The fourth-order valence-corrected chi connectivity index (χ4v) is 2.38.